The largest absolute Gasteiger partial charge is 0.480 e. The lowest BCUT2D eigenvalue weighted by molar-refractivity contribution is 0.262. The van der Waals surface area contributed by atoms with Crippen molar-refractivity contribution in [3.8, 4) is 0 Å². The van der Waals surface area contributed by atoms with Gasteiger partial charge in [0.15, 0.2) is 6.73 Å². The zero-order chi connectivity index (χ0) is 14.4. The first-order valence-corrected chi connectivity index (χ1v) is 6.63. The van der Waals surface area contributed by atoms with Crippen molar-refractivity contribution in [2.24, 2.45) is 4.99 Å². The molecule has 1 aromatic heterocycles. The molecule has 1 aromatic carbocycles. The monoisotopic (exact) mass is 309 g/mol. The summed E-state index contributed by atoms with van der Waals surface area (Å²) in [6, 6.07) is 5.31. The van der Waals surface area contributed by atoms with Crippen LogP contribution in [-0.4, -0.2) is 22.0 Å². The number of nitrogens with zero attached hydrogens (tertiary/aromatic N) is 3. The summed E-state index contributed by atoms with van der Waals surface area (Å²) >= 11 is 12.1. The van der Waals surface area contributed by atoms with Crippen LogP contribution in [0.1, 0.15) is 5.56 Å². The Hall–Kier alpha value is -1.78. The summed E-state index contributed by atoms with van der Waals surface area (Å²) in [5.41, 5.74) is 1.60. The van der Waals surface area contributed by atoms with Crippen LogP contribution in [0.15, 0.2) is 54.8 Å². The number of aliphatic imine (C=N–C) groups is 1. The normalized spacial score (nSPS) is 11.4. The van der Waals surface area contributed by atoms with Crippen LogP contribution in [0.3, 0.4) is 0 Å². The number of imidazole rings is 1. The summed E-state index contributed by atoms with van der Waals surface area (Å²) in [7, 11) is 0. The van der Waals surface area contributed by atoms with Crippen molar-refractivity contribution >= 4 is 28.9 Å². The fourth-order valence-corrected chi connectivity index (χ4v) is 2.18. The molecule has 0 aliphatic rings. The third kappa shape index (κ3) is 3.85. The Labute approximate surface area is 127 Å². The molecular weight excluding hydrogens is 297 g/mol. The molecule has 4 nitrogen and oxygen atoms in total. The van der Waals surface area contributed by atoms with E-state index < -0.39 is 0 Å². The second-order valence-corrected chi connectivity index (χ2v) is 4.77. The van der Waals surface area contributed by atoms with Gasteiger partial charge < -0.3 is 9.30 Å². The first-order valence-electron chi connectivity index (χ1n) is 5.87. The lowest BCUT2D eigenvalue weighted by Gasteiger charge is -2.10. The van der Waals surface area contributed by atoms with E-state index in [1.54, 1.807) is 24.7 Å². The molecule has 20 heavy (non-hydrogen) atoms. The third-order valence-corrected chi connectivity index (χ3v) is 3.13. The number of hydrogen-bond acceptors (Lipinski definition) is 3. The zero-order valence-corrected chi connectivity index (χ0v) is 12.2. The number of rotatable bonds is 6. The molecule has 2 aromatic rings. The summed E-state index contributed by atoms with van der Waals surface area (Å²) < 4.78 is 6.95. The molecule has 6 heteroatoms. The van der Waals surface area contributed by atoms with E-state index in [9.17, 15) is 0 Å². The number of hydrogen-bond donors (Lipinski definition) is 0. The van der Waals surface area contributed by atoms with Gasteiger partial charge in [0, 0.05) is 23.0 Å². The van der Waals surface area contributed by atoms with Gasteiger partial charge in [-0.15, -0.1) is 0 Å². The summed E-state index contributed by atoms with van der Waals surface area (Å²) in [6.07, 6.45) is 6.63. The predicted octanol–water partition coefficient (Wildman–Crippen LogP) is 3.80. The van der Waals surface area contributed by atoms with Crippen LogP contribution < -0.4 is 0 Å². The van der Waals surface area contributed by atoms with Crippen molar-refractivity contribution < 1.29 is 4.74 Å². The minimum Gasteiger partial charge on any atom is -0.480 e. The standard InChI is InChI=1S/C14H13Cl2N3O/c1-2-20-10-18-14(8-19-6-5-17-9-19)12-4-3-11(15)7-13(12)16/h2-7,9H,1,8,10H2/b18-14+. The van der Waals surface area contributed by atoms with Gasteiger partial charge in [-0.2, -0.15) is 0 Å². The van der Waals surface area contributed by atoms with Crippen LogP contribution in [0.25, 0.3) is 0 Å². The predicted molar refractivity (Wildman–Crippen MR) is 81.4 cm³/mol. The third-order valence-electron chi connectivity index (χ3n) is 2.58. The molecular formula is C14H13Cl2N3O. The summed E-state index contributed by atoms with van der Waals surface area (Å²) in [5, 5.41) is 1.14. The summed E-state index contributed by atoms with van der Waals surface area (Å²) in [6.45, 7) is 4.22. The highest BCUT2D eigenvalue weighted by molar-refractivity contribution is 6.37. The fraction of sp³-hybridized carbons (Fsp3) is 0.143. The molecule has 0 aliphatic heterocycles. The van der Waals surface area contributed by atoms with E-state index in [2.05, 4.69) is 16.6 Å². The Morgan fingerprint density at radius 2 is 2.30 bits per heavy atom. The Balaban J connectivity index is 2.29. The molecule has 2 rings (SSSR count). The smallest absolute Gasteiger partial charge is 0.178 e. The number of aromatic nitrogens is 2. The van der Waals surface area contributed by atoms with Crippen LogP contribution in [0.4, 0.5) is 0 Å². The molecule has 0 spiro atoms. The van der Waals surface area contributed by atoms with E-state index >= 15 is 0 Å². The van der Waals surface area contributed by atoms with Gasteiger partial charge in [0.1, 0.15) is 0 Å². The molecule has 0 N–H and O–H groups in total. The Morgan fingerprint density at radius 1 is 1.45 bits per heavy atom. The van der Waals surface area contributed by atoms with Crippen molar-refractivity contribution in [1.29, 1.82) is 0 Å². The molecule has 0 bridgehead atoms. The van der Waals surface area contributed by atoms with Crippen LogP contribution in [-0.2, 0) is 11.3 Å². The van der Waals surface area contributed by atoms with Gasteiger partial charge in [0.2, 0.25) is 0 Å². The molecule has 104 valence electrons. The quantitative estimate of drug-likeness (QED) is 0.462. The lowest BCUT2D eigenvalue weighted by Crippen LogP contribution is -2.12. The Bertz CT molecular complexity index is 609. The number of benzene rings is 1. The summed E-state index contributed by atoms with van der Waals surface area (Å²) in [5.74, 6) is 0. The minimum absolute atomic E-state index is 0.187. The second kappa shape index (κ2) is 7.12. The lowest BCUT2D eigenvalue weighted by atomic mass is 10.1. The average molecular weight is 310 g/mol. The Kier molecular flexibility index (Phi) is 5.21. The van der Waals surface area contributed by atoms with Crippen molar-refractivity contribution in [2.45, 2.75) is 6.54 Å². The van der Waals surface area contributed by atoms with E-state index in [0.29, 0.717) is 16.6 Å². The first kappa shape index (κ1) is 14.6. The maximum atomic E-state index is 6.23. The second-order valence-electron chi connectivity index (χ2n) is 3.93. The topological polar surface area (TPSA) is 39.4 Å². The summed E-state index contributed by atoms with van der Waals surface area (Å²) in [4.78, 5) is 8.40. The Morgan fingerprint density at radius 3 is 2.95 bits per heavy atom. The van der Waals surface area contributed by atoms with E-state index in [1.165, 1.54) is 6.26 Å². The number of ether oxygens (including phenoxy) is 1. The van der Waals surface area contributed by atoms with Crippen LogP contribution in [0, 0.1) is 0 Å². The van der Waals surface area contributed by atoms with Gasteiger partial charge >= 0.3 is 0 Å². The maximum Gasteiger partial charge on any atom is 0.178 e. The number of halogens is 2. The van der Waals surface area contributed by atoms with Gasteiger partial charge in [-0.25, -0.2) is 9.98 Å². The van der Waals surface area contributed by atoms with E-state index in [1.807, 2.05) is 16.8 Å². The van der Waals surface area contributed by atoms with Crippen LogP contribution in [0.2, 0.25) is 10.0 Å². The molecule has 0 fully saturated rings. The maximum absolute atomic E-state index is 6.23. The van der Waals surface area contributed by atoms with E-state index in [4.69, 9.17) is 27.9 Å². The minimum atomic E-state index is 0.187. The SMILES string of the molecule is C=COC/N=C(\Cn1ccnc1)c1ccc(Cl)cc1Cl. The van der Waals surface area contributed by atoms with Gasteiger partial charge in [-0.1, -0.05) is 35.8 Å². The van der Waals surface area contributed by atoms with Gasteiger partial charge in [-0.3, -0.25) is 0 Å². The van der Waals surface area contributed by atoms with Gasteiger partial charge in [0.05, 0.1) is 29.9 Å². The molecule has 0 saturated heterocycles. The van der Waals surface area contributed by atoms with Crippen LogP contribution in [0.5, 0.6) is 0 Å². The molecule has 0 aliphatic carbocycles. The van der Waals surface area contributed by atoms with E-state index in [-0.39, 0.29) is 6.73 Å². The molecule has 0 saturated carbocycles. The van der Waals surface area contributed by atoms with Gasteiger partial charge in [0.25, 0.3) is 0 Å². The van der Waals surface area contributed by atoms with Gasteiger partial charge in [-0.05, 0) is 12.1 Å². The molecule has 0 unspecified atom stereocenters. The molecule has 0 atom stereocenters. The highest BCUT2D eigenvalue weighted by Gasteiger charge is 2.09. The molecule has 0 amide bonds. The van der Waals surface area contributed by atoms with Crippen molar-refractivity contribution in [1.82, 2.24) is 9.55 Å². The van der Waals surface area contributed by atoms with E-state index in [0.717, 1.165) is 11.3 Å². The molecule has 1 heterocycles. The fourth-order valence-electron chi connectivity index (χ4n) is 1.66. The highest BCUT2D eigenvalue weighted by Crippen LogP contribution is 2.22. The van der Waals surface area contributed by atoms with Crippen molar-refractivity contribution in [3.05, 3.63) is 65.4 Å². The first-order chi connectivity index (χ1) is 9.70. The van der Waals surface area contributed by atoms with Crippen molar-refractivity contribution in [2.75, 3.05) is 6.73 Å². The average Bonchev–Trinajstić information content (AvgIpc) is 2.91. The van der Waals surface area contributed by atoms with Crippen molar-refractivity contribution in [3.63, 3.8) is 0 Å². The highest BCUT2D eigenvalue weighted by atomic mass is 35.5. The van der Waals surface area contributed by atoms with Crippen LogP contribution >= 0.6 is 23.2 Å². The molecule has 0 radical (unpaired) electrons. The zero-order valence-electron chi connectivity index (χ0n) is 10.7.